The minimum absolute atomic E-state index is 0.00866. The molecule has 1 aromatic rings. The highest BCUT2D eigenvalue weighted by atomic mass is 16.5. The normalized spacial score (nSPS) is 20.4. The first kappa shape index (κ1) is 14.6. The van der Waals surface area contributed by atoms with Crippen LogP contribution in [-0.4, -0.2) is 18.5 Å². The number of aryl methyl sites for hydroxylation is 3. The van der Waals surface area contributed by atoms with E-state index in [9.17, 15) is 9.59 Å². The molecule has 1 fully saturated rings. The summed E-state index contributed by atoms with van der Waals surface area (Å²) in [6, 6.07) is 4.03. The molecule has 1 aliphatic carbocycles. The van der Waals surface area contributed by atoms with Gasteiger partial charge in [0.1, 0.15) is 0 Å². The van der Waals surface area contributed by atoms with Crippen LogP contribution in [0.1, 0.15) is 30.0 Å². The molecule has 2 atom stereocenters. The molecule has 0 heterocycles. The highest BCUT2D eigenvalue weighted by Crippen LogP contribution is 2.38. The van der Waals surface area contributed by atoms with E-state index in [4.69, 9.17) is 4.74 Å². The number of carbonyl (C=O) groups is 2. The zero-order valence-corrected chi connectivity index (χ0v) is 12.4. The van der Waals surface area contributed by atoms with Gasteiger partial charge in [-0.1, -0.05) is 24.6 Å². The van der Waals surface area contributed by atoms with Crippen molar-refractivity contribution in [1.82, 2.24) is 0 Å². The number of nitrogens with one attached hydrogen (secondary N) is 1. The van der Waals surface area contributed by atoms with E-state index in [0.717, 1.165) is 28.8 Å². The van der Waals surface area contributed by atoms with Crippen molar-refractivity contribution in [3.05, 3.63) is 28.8 Å². The van der Waals surface area contributed by atoms with E-state index in [1.54, 1.807) is 0 Å². The van der Waals surface area contributed by atoms with Gasteiger partial charge in [0.25, 0.3) is 5.91 Å². The summed E-state index contributed by atoms with van der Waals surface area (Å²) in [5.41, 5.74) is 3.99. The van der Waals surface area contributed by atoms with Gasteiger partial charge in [-0.2, -0.15) is 0 Å². The lowest BCUT2D eigenvalue weighted by atomic mass is 10.1. The Morgan fingerprint density at radius 2 is 1.80 bits per heavy atom. The van der Waals surface area contributed by atoms with Gasteiger partial charge < -0.3 is 10.1 Å². The number of benzene rings is 1. The Kier molecular flexibility index (Phi) is 4.12. The van der Waals surface area contributed by atoms with E-state index in [-0.39, 0.29) is 24.4 Å². The number of hydrogen-bond donors (Lipinski definition) is 1. The molecule has 0 saturated heterocycles. The molecular weight excluding hydrogens is 254 g/mol. The third kappa shape index (κ3) is 3.38. The second-order valence-corrected chi connectivity index (χ2v) is 5.75. The summed E-state index contributed by atoms with van der Waals surface area (Å²) in [5.74, 6) is -0.162. The zero-order valence-electron chi connectivity index (χ0n) is 12.4. The van der Waals surface area contributed by atoms with Crippen LogP contribution in [0, 0.1) is 32.6 Å². The molecule has 0 spiro atoms. The predicted molar refractivity (Wildman–Crippen MR) is 77.5 cm³/mol. The Bertz CT molecular complexity index is 528. The second kappa shape index (κ2) is 5.65. The highest BCUT2D eigenvalue weighted by Gasteiger charge is 2.40. The summed E-state index contributed by atoms with van der Waals surface area (Å²) in [5, 5.41) is 2.82. The van der Waals surface area contributed by atoms with Gasteiger partial charge in [0.05, 0.1) is 5.92 Å². The summed E-state index contributed by atoms with van der Waals surface area (Å²) in [7, 11) is 0. The topological polar surface area (TPSA) is 55.4 Å². The largest absolute Gasteiger partial charge is 0.455 e. The second-order valence-electron chi connectivity index (χ2n) is 5.75. The lowest BCUT2D eigenvalue weighted by Gasteiger charge is -2.13. The van der Waals surface area contributed by atoms with E-state index < -0.39 is 0 Å². The van der Waals surface area contributed by atoms with Crippen molar-refractivity contribution in [2.75, 3.05) is 11.9 Å². The Hall–Kier alpha value is -1.84. The van der Waals surface area contributed by atoms with Gasteiger partial charge in [0.15, 0.2) is 6.61 Å². The van der Waals surface area contributed by atoms with Crippen LogP contribution >= 0.6 is 0 Å². The number of hydrogen-bond acceptors (Lipinski definition) is 3. The third-order valence-electron chi connectivity index (χ3n) is 3.70. The minimum atomic E-state index is -0.290. The van der Waals surface area contributed by atoms with Crippen molar-refractivity contribution in [1.29, 1.82) is 0 Å². The van der Waals surface area contributed by atoms with Gasteiger partial charge in [0.2, 0.25) is 0 Å². The molecule has 4 heteroatoms. The molecular formula is C16H21NO3. The van der Waals surface area contributed by atoms with Crippen molar-refractivity contribution in [3.8, 4) is 0 Å². The molecule has 2 rings (SSSR count). The van der Waals surface area contributed by atoms with Crippen LogP contribution in [-0.2, 0) is 14.3 Å². The van der Waals surface area contributed by atoms with Crippen molar-refractivity contribution in [3.63, 3.8) is 0 Å². The van der Waals surface area contributed by atoms with Crippen LogP contribution in [0.2, 0.25) is 0 Å². The molecule has 4 nitrogen and oxygen atoms in total. The maximum absolute atomic E-state index is 11.8. The third-order valence-corrected chi connectivity index (χ3v) is 3.70. The monoisotopic (exact) mass is 275 g/mol. The fourth-order valence-corrected chi connectivity index (χ4v) is 2.45. The number of rotatable bonds is 4. The van der Waals surface area contributed by atoms with Crippen molar-refractivity contribution in [2.45, 2.75) is 34.1 Å². The van der Waals surface area contributed by atoms with E-state index in [1.165, 1.54) is 0 Å². The Labute approximate surface area is 119 Å². The first-order valence-corrected chi connectivity index (χ1v) is 6.93. The molecule has 0 unspecified atom stereocenters. The molecule has 0 aliphatic heterocycles. The average molecular weight is 275 g/mol. The summed E-state index contributed by atoms with van der Waals surface area (Å²) in [6.45, 7) is 7.71. The molecule has 0 bridgehead atoms. The van der Waals surface area contributed by atoms with Crippen molar-refractivity contribution < 1.29 is 14.3 Å². The standard InChI is InChI=1S/C16H21NO3/c1-9-5-11(3)15(12(4)6-9)17-14(18)8-20-16(19)13-7-10(13)2/h5-6,10,13H,7-8H2,1-4H3,(H,17,18)/t10-,13-/m0/s1. The van der Waals surface area contributed by atoms with Crippen LogP contribution in [0.4, 0.5) is 5.69 Å². The van der Waals surface area contributed by atoms with Gasteiger partial charge in [0, 0.05) is 5.69 Å². The van der Waals surface area contributed by atoms with E-state index in [2.05, 4.69) is 5.32 Å². The van der Waals surface area contributed by atoms with E-state index in [1.807, 2.05) is 39.8 Å². The summed E-state index contributed by atoms with van der Waals surface area (Å²) >= 11 is 0. The van der Waals surface area contributed by atoms with E-state index >= 15 is 0 Å². The number of anilines is 1. The first-order chi connectivity index (χ1) is 9.38. The SMILES string of the molecule is Cc1cc(C)c(NC(=O)COC(=O)[C@H]2C[C@@H]2C)c(C)c1. The van der Waals surface area contributed by atoms with Gasteiger partial charge >= 0.3 is 5.97 Å². The molecule has 0 aromatic heterocycles. The van der Waals surface area contributed by atoms with Crippen molar-refractivity contribution >= 4 is 17.6 Å². The fourth-order valence-electron chi connectivity index (χ4n) is 2.45. The molecule has 0 radical (unpaired) electrons. The molecule has 20 heavy (non-hydrogen) atoms. The predicted octanol–water partition coefficient (Wildman–Crippen LogP) is 2.75. The molecule has 1 saturated carbocycles. The number of amides is 1. The van der Waals surface area contributed by atoms with Crippen molar-refractivity contribution in [2.24, 2.45) is 11.8 Å². The summed E-state index contributed by atoms with van der Waals surface area (Å²) in [4.78, 5) is 23.4. The smallest absolute Gasteiger partial charge is 0.309 e. The molecule has 1 N–H and O–H groups in total. The maximum Gasteiger partial charge on any atom is 0.309 e. The van der Waals surface area contributed by atoms with Gasteiger partial charge in [-0.25, -0.2) is 0 Å². The number of ether oxygens (including phenoxy) is 1. The first-order valence-electron chi connectivity index (χ1n) is 6.93. The number of carbonyl (C=O) groups excluding carboxylic acids is 2. The fraction of sp³-hybridized carbons (Fsp3) is 0.500. The van der Waals surface area contributed by atoms with Gasteiger partial charge in [-0.15, -0.1) is 0 Å². The van der Waals surface area contributed by atoms with Crippen LogP contribution < -0.4 is 5.32 Å². The van der Waals surface area contributed by atoms with E-state index in [0.29, 0.717) is 5.92 Å². The molecule has 1 aromatic carbocycles. The van der Waals surface area contributed by atoms with Gasteiger partial charge in [-0.3, -0.25) is 9.59 Å². The molecule has 1 aliphatic rings. The maximum atomic E-state index is 11.8. The van der Waals surface area contributed by atoms with Crippen LogP contribution in [0.5, 0.6) is 0 Å². The Balaban J connectivity index is 1.90. The average Bonchev–Trinajstić information content (AvgIpc) is 3.08. The van der Waals surface area contributed by atoms with Crippen LogP contribution in [0.25, 0.3) is 0 Å². The lowest BCUT2D eigenvalue weighted by molar-refractivity contribution is -0.148. The molecule has 108 valence electrons. The van der Waals surface area contributed by atoms with Crippen LogP contribution in [0.15, 0.2) is 12.1 Å². The quantitative estimate of drug-likeness (QED) is 0.860. The lowest BCUT2D eigenvalue weighted by Crippen LogP contribution is -2.22. The Morgan fingerprint density at radius 3 is 2.30 bits per heavy atom. The molecule has 1 amide bonds. The van der Waals surface area contributed by atoms with Crippen LogP contribution in [0.3, 0.4) is 0 Å². The summed E-state index contributed by atoms with van der Waals surface area (Å²) < 4.78 is 5.02. The Morgan fingerprint density at radius 1 is 1.25 bits per heavy atom. The minimum Gasteiger partial charge on any atom is -0.455 e. The van der Waals surface area contributed by atoms with Gasteiger partial charge in [-0.05, 0) is 44.2 Å². The number of esters is 1. The zero-order chi connectivity index (χ0) is 14.9. The highest BCUT2D eigenvalue weighted by molar-refractivity contribution is 5.94. The summed E-state index contributed by atoms with van der Waals surface area (Å²) in [6.07, 6.45) is 0.872.